The Morgan fingerprint density at radius 3 is 1.96 bits per heavy atom. The first-order valence-corrected chi connectivity index (χ1v) is 9.35. The molecule has 0 unspecified atom stereocenters. The monoisotopic (exact) mass is 361 g/mol. The Labute approximate surface area is 164 Å². The highest BCUT2D eigenvalue weighted by atomic mass is 15.2. The molecule has 0 spiro atoms. The number of fused-ring (bicyclic) bond motifs is 2. The van der Waals surface area contributed by atoms with E-state index in [9.17, 15) is 0 Å². The van der Waals surface area contributed by atoms with Gasteiger partial charge in [0.15, 0.2) is 0 Å². The summed E-state index contributed by atoms with van der Waals surface area (Å²) in [5.74, 6) is 1.77. The zero-order chi connectivity index (χ0) is 18.9. The van der Waals surface area contributed by atoms with E-state index in [0.29, 0.717) is 0 Å². The third kappa shape index (κ3) is 2.78. The van der Waals surface area contributed by atoms with Crippen LogP contribution in [0.3, 0.4) is 0 Å². The van der Waals surface area contributed by atoms with Crippen LogP contribution < -0.4 is 4.90 Å². The van der Waals surface area contributed by atoms with Crippen LogP contribution in [0.4, 0.5) is 17.3 Å². The molecular formula is C25H19N3. The predicted molar refractivity (Wildman–Crippen MR) is 116 cm³/mol. The molecule has 28 heavy (non-hydrogen) atoms. The van der Waals surface area contributed by atoms with Gasteiger partial charge in [0.25, 0.3) is 0 Å². The minimum atomic E-state index is 0.886. The molecule has 1 aliphatic heterocycles. The van der Waals surface area contributed by atoms with Gasteiger partial charge < -0.3 is 0 Å². The summed E-state index contributed by atoms with van der Waals surface area (Å²) >= 11 is 0. The first-order valence-electron chi connectivity index (χ1n) is 9.35. The van der Waals surface area contributed by atoms with E-state index in [2.05, 4.69) is 78.6 Å². The molecule has 3 nitrogen and oxygen atoms in total. The molecule has 0 saturated heterocycles. The third-order valence-corrected chi connectivity index (χ3v) is 4.98. The molecule has 0 N–H and O–H groups in total. The van der Waals surface area contributed by atoms with Gasteiger partial charge in [-0.25, -0.2) is 9.97 Å². The van der Waals surface area contributed by atoms with Gasteiger partial charge in [0.2, 0.25) is 0 Å². The summed E-state index contributed by atoms with van der Waals surface area (Å²) in [6.07, 6.45) is 7.90. The van der Waals surface area contributed by atoms with Gasteiger partial charge in [-0.2, -0.15) is 0 Å². The average Bonchev–Trinajstić information content (AvgIpc) is 2.91. The molecule has 0 aliphatic carbocycles. The normalized spacial score (nSPS) is 12.2. The van der Waals surface area contributed by atoms with Crippen molar-refractivity contribution in [1.29, 1.82) is 0 Å². The molecule has 0 saturated carbocycles. The summed E-state index contributed by atoms with van der Waals surface area (Å²) in [5, 5.41) is 0. The van der Waals surface area contributed by atoms with Crippen molar-refractivity contribution in [2.24, 2.45) is 0 Å². The smallest absolute Gasteiger partial charge is 0.146 e. The SMILES string of the molecule is Cc1ccc(N2c3ncccc3C=Cc3cccnc32)c(-c2ccccc2)c1. The number of aryl methyl sites for hydroxylation is 1. The van der Waals surface area contributed by atoms with Gasteiger partial charge in [0, 0.05) is 29.1 Å². The van der Waals surface area contributed by atoms with Crippen molar-refractivity contribution in [1.82, 2.24) is 9.97 Å². The molecule has 0 fully saturated rings. The molecule has 0 amide bonds. The number of rotatable bonds is 2. The Bertz CT molecular complexity index is 1130. The second-order valence-corrected chi connectivity index (χ2v) is 6.89. The van der Waals surface area contributed by atoms with Crippen LogP contribution in [0.25, 0.3) is 23.3 Å². The van der Waals surface area contributed by atoms with Crippen LogP contribution in [0, 0.1) is 6.92 Å². The van der Waals surface area contributed by atoms with Crippen LogP contribution >= 0.6 is 0 Å². The average molecular weight is 361 g/mol. The largest absolute Gasteiger partial charge is 0.277 e. The highest BCUT2D eigenvalue weighted by Gasteiger charge is 2.24. The number of pyridine rings is 2. The fourth-order valence-electron chi connectivity index (χ4n) is 3.65. The van der Waals surface area contributed by atoms with Crippen molar-refractivity contribution in [2.45, 2.75) is 6.92 Å². The Morgan fingerprint density at radius 2 is 1.32 bits per heavy atom. The fraction of sp³-hybridized carbons (Fsp3) is 0.0400. The van der Waals surface area contributed by atoms with Gasteiger partial charge >= 0.3 is 0 Å². The highest BCUT2D eigenvalue weighted by molar-refractivity contribution is 5.94. The summed E-state index contributed by atoms with van der Waals surface area (Å²) in [7, 11) is 0. The number of benzene rings is 2. The van der Waals surface area contributed by atoms with Gasteiger partial charge in [-0.3, -0.25) is 4.90 Å². The summed E-state index contributed by atoms with van der Waals surface area (Å²) in [6, 6.07) is 25.1. The lowest BCUT2D eigenvalue weighted by atomic mass is 10.00. The molecule has 0 bridgehead atoms. The minimum absolute atomic E-state index is 0.886. The van der Waals surface area contributed by atoms with Crippen LogP contribution in [0.2, 0.25) is 0 Å². The molecule has 134 valence electrons. The van der Waals surface area contributed by atoms with Crippen molar-refractivity contribution >= 4 is 29.5 Å². The molecule has 5 rings (SSSR count). The first-order chi connectivity index (χ1) is 13.8. The van der Waals surface area contributed by atoms with E-state index in [0.717, 1.165) is 34.0 Å². The molecule has 3 heterocycles. The Morgan fingerprint density at radius 1 is 0.679 bits per heavy atom. The second kappa shape index (κ2) is 6.78. The molecule has 2 aromatic carbocycles. The fourth-order valence-corrected chi connectivity index (χ4v) is 3.65. The summed E-state index contributed by atoms with van der Waals surface area (Å²) in [4.78, 5) is 11.6. The van der Waals surface area contributed by atoms with Gasteiger partial charge in [0.1, 0.15) is 11.6 Å². The van der Waals surface area contributed by atoms with Gasteiger partial charge in [-0.15, -0.1) is 0 Å². The maximum Gasteiger partial charge on any atom is 0.146 e. The minimum Gasteiger partial charge on any atom is -0.277 e. The molecule has 1 aliphatic rings. The maximum absolute atomic E-state index is 4.73. The number of anilines is 3. The van der Waals surface area contributed by atoms with E-state index >= 15 is 0 Å². The maximum atomic E-state index is 4.73. The standard InChI is InChI=1S/C25H19N3/c1-18-11-14-23(22(17-18)19-7-3-2-4-8-19)28-24-20(9-5-15-26-24)12-13-21-10-6-16-27-25(21)28/h2-17H,1H3. The highest BCUT2D eigenvalue weighted by Crippen LogP contribution is 2.43. The van der Waals surface area contributed by atoms with Crippen LogP contribution in [0.1, 0.15) is 16.7 Å². The van der Waals surface area contributed by atoms with Gasteiger partial charge in [0.05, 0.1) is 5.69 Å². The van der Waals surface area contributed by atoms with E-state index < -0.39 is 0 Å². The van der Waals surface area contributed by atoms with E-state index in [-0.39, 0.29) is 0 Å². The number of hydrogen-bond acceptors (Lipinski definition) is 3. The first kappa shape index (κ1) is 16.5. The van der Waals surface area contributed by atoms with Crippen LogP contribution in [-0.4, -0.2) is 9.97 Å². The number of nitrogens with zero attached hydrogens (tertiary/aromatic N) is 3. The number of hydrogen-bond donors (Lipinski definition) is 0. The van der Waals surface area contributed by atoms with E-state index in [1.165, 1.54) is 11.1 Å². The van der Waals surface area contributed by atoms with Crippen molar-refractivity contribution in [3.05, 3.63) is 102 Å². The predicted octanol–water partition coefficient (Wildman–Crippen LogP) is 6.41. The topological polar surface area (TPSA) is 29.0 Å². The Kier molecular flexibility index (Phi) is 3.99. The van der Waals surface area contributed by atoms with Crippen molar-refractivity contribution in [2.75, 3.05) is 4.90 Å². The van der Waals surface area contributed by atoms with Crippen molar-refractivity contribution in [3.8, 4) is 11.1 Å². The molecule has 3 heteroatoms. The molecular weight excluding hydrogens is 342 g/mol. The van der Waals surface area contributed by atoms with E-state index in [1.807, 2.05) is 30.6 Å². The third-order valence-electron chi connectivity index (χ3n) is 4.98. The number of aromatic nitrogens is 2. The van der Waals surface area contributed by atoms with Gasteiger partial charge in [-0.1, -0.05) is 54.1 Å². The molecule has 4 aromatic rings. The Balaban J connectivity index is 1.82. The van der Waals surface area contributed by atoms with Crippen molar-refractivity contribution < 1.29 is 0 Å². The quantitative estimate of drug-likeness (QED) is 0.364. The van der Waals surface area contributed by atoms with Crippen LogP contribution in [-0.2, 0) is 0 Å². The lowest BCUT2D eigenvalue weighted by Gasteiger charge is -2.27. The Hall–Kier alpha value is -3.72. The van der Waals surface area contributed by atoms with E-state index in [1.54, 1.807) is 0 Å². The zero-order valence-electron chi connectivity index (χ0n) is 15.6. The second-order valence-electron chi connectivity index (χ2n) is 6.89. The summed E-state index contributed by atoms with van der Waals surface area (Å²) in [6.45, 7) is 2.12. The summed E-state index contributed by atoms with van der Waals surface area (Å²) < 4.78 is 0. The van der Waals surface area contributed by atoms with Crippen LogP contribution in [0.5, 0.6) is 0 Å². The van der Waals surface area contributed by atoms with E-state index in [4.69, 9.17) is 9.97 Å². The molecule has 0 atom stereocenters. The zero-order valence-corrected chi connectivity index (χ0v) is 15.6. The molecule has 2 aromatic heterocycles. The van der Waals surface area contributed by atoms with Crippen molar-refractivity contribution in [3.63, 3.8) is 0 Å². The van der Waals surface area contributed by atoms with Crippen LogP contribution in [0.15, 0.2) is 85.2 Å². The lowest BCUT2D eigenvalue weighted by molar-refractivity contribution is 1.12. The van der Waals surface area contributed by atoms with Gasteiger partial charge in [-0.05, 0) is 48.9 Å². The summed E-state index contributed by atoms with van der Waals surface area (Å²) in [5.41, 5.74) is 6.77. The molecule has 0 radical (unpaired) electrons. The lowest BCUT2D eigenvalue weighted by Crippen LogP contribution is -2.15.